The number of halogens is 4. The van der Waals surface area contributed by atoms with Gasteiger partial charge in [0, 0.05) is 4.47 Å². The van der Waals surface area contributed by atoms with E-state index in [1.54, 1.807) is 12.1 Å². The Morgan fingerprint density at radius 2 is 1.62 bits per heavy atom. The topological polar surface area (TPSA) is 46.6 Å². The summed E-state index contributed by atoms with van der Waals surface area (Å²) in [5.41, 5.74) is 0.0549. The molecule has 0 bridgehead atoms. The van der Waals surface area contributed by atoms with Gasteiger partial charge in [-0.3, -0.25) is 9.69 Å². The normalized spacial score (nSPS) is 11.9. The molecule has 0 radical (unpaired) electrons. The number of hydrogen-bond acceptors (Lipinski definition) is 3. The molecular weight excluding hydrogens is 451 g/mol. The first-order valence-corrected chi connectivity index (χ1v) is 9.50. The lowest BCUT2D eigenvalue weighted by Crippen LogP contribution is -2.38. The van der Waals surface area contributed by atoms with E-state index in [2.05, 4.69) is 20.7 Å². The van der Waals surface area contributed by atoms with Gasteiger partial charge in [0.25, 0.3) is 0 Å². The lowest BCUT2D eigenvalue weighted by atomic mass is 9.87. The largest absolute Gasteiger partial charge is 0.462 e. The fourth-order valence-electron chi connectivity index (χ4n) is 2.73. The van der Waals surface area contributed by atoms with Crippen LogP contribution in [0.2, 0.25) is 0 Å². The van der Waals surface area contributed by atoms with E-state index in [9.17, 15) is 22.8 Å². The first kappa shape index (κ1) is 22.9. The highest BCUT2D eigenvalue weighted by molar-refractivity contribution is 9.10. The van der Waals surface area contributed by atoms with Crippen LogP contribution in [-0.2, 0) is 32.5 Å². The Morgan fingerprint density at radius 1 is 1.03 bits per heavy atom. The quantitative estimate of drug-likeness (QED) is 0.440. The van der Waals surface area contributed by atoms with Gasteiger partial charge in [0.05, 0.1) is 24.9 Å². The van der Waals surface area contributed by atoms with Gasteiger partial charge in [0.15, 0.2) is 0 Å². The zero-order chi connectivity index (χ0) is 22.0. The van der Waals surface area contributed by atoms with E-state index in [-0.39, 0.29) is 16.4 Å². The van der Waals surface area contributed by atoms with Gasteiger partial charge in [-0.2, -0.15) is 13.2 Å². The number of alkyl halides is 3. The van der Waals surface area contributed by atoms with Crippen LogP contribution in [0.5, 0.6) is 0 Å². The minimum Gasteiger partial charge on any atom is -0.462 e. The van der Waals surface area contributed by atoms with E-state index >= 15 is 0 Å². The third-order valence-electron chi connectivity index (χ3n) is 4.32. The summed E-state index contributed by atoms with van der Waals surface area (Å²) in [5, 5.41) is 0. The maximum atomic E-state index is 13.6. The Labute approximate surface area is 175 Å². The van der Waals surface area contributed by atoms with Crippen LogP contribution >= 0.6 is 15.9 Å². The highest BCUT2D eigenvalue weighted by Gasteiger charge is 2.37. The number of rotatable bonds is 3. The van der Waals surface area contributed by atoms with Gasteiger partial charge < -0.3 is 4.74 Å². The number of nitrogens with zero attached hydrogens (tertiary/aromatic N) is 1. The molecule has 0 spiro atoms. The number of carbonyl (C=O) groups excluding carboxylic acids is 2. The van der Waals surface area contributed by atoms with Crippen LogP contribution in [-0.4, -0.2) is 19.0 Å². The molecule has 8 heteroatoms. The van der Waals surface area contributed by atoms with Gasteiger partial charge in [-0.15, -0.1) is 0 Å². The van der Waals surface area contributed by atoms with E-state index in [0.29, 0.717) is 5.56 Å². The Hall–Kier alpha value is -2.35. The molecule has 156 valence electrons. The van der Waals surface area contributed by atoms with E-state index in [1.165, 1.54) is 6.07 Å². The van der Waals surface area contributed by atoms with Gasteiger partial charge in [-0.1, -0.05) is 61.0 Å². The van der Waals surface area contributed by atoms with Crippen molar-refractivity contribution in [3.63, 3.8) is 0 Å². The smallest absolute Gasteiger partial charge is 0.418 e. The third-order valence-corrected chi connectivity index (χ3v) is 4.81. The van der Waals surface area contributed by atoms with Crippen molar-refractivity contribution in [2.24, 2.45) is 0 Å². The maximum Gasteiger partial charge on any atom is 0.418 e. The highest BCUT2D eigenvalue weighted by Crippen LogP contribution is 2.39. The number of methoxy groups -OCH3 is 1. The summed E-state index contributed by atoms with van der Waals surface area (Å²) in [5.74, 6) is -2.42. The monoisotopic (exact) mass is 471 g/mol. The molecule has 0 unspecified atom stereocenters. The van der Waals surface area contributed by atoms with Gasteiger partial charge in [-0.05, 0) is 34.7 Å². The molecule has 0 heterocycles. The van der Waals surface area contributed by atoms with E-state index in [4.69, 9.17) is 0 Å². The van der Waals surface area contributed by atoms with Crippen molar-refractivity contribution in [2.75, 3.05) is 12.0 Å². The number of hydrogen-bond donors (Lipinski definition) is 0. The van der Waals surface area contributed by atoms with E-state index < -0.39 is 29.3 Å². The Morgan fingerprint density at radius 3 is 2.10 bits per heavy atom. The van der Waals surface area contributed by atoms with Crippen molar-refractivity contribution in [3.8, 4) is 0 Å². The zero-order valence-electron chi connectivity index (χ0n) is 16.4. The van der Waals surface area contributed by atoms with Crippen molar-refractivity contribution in [1.29, 1.82) is 0 Å². The summed E-state index contributed by atoms with van der Waals surface area (Å²) in [6, 6.07) is 10.6. The fraction of sp³-hybridized carbons (Fsp3) is 0.333. The molecule has 0 atom stereocenters. The first-order chi connectivity index (χ1) is 13.3. The van der Waals surface area contributed by atoms with Crippen LogP contribution in [0.4, 0.5) is 18.9 Å². The zero-order valence-corrected chi connectivity index (χ0v) is 18.0. The molecule has 0 fully saturated rings. The second-order valence-corrected chi connectivity index (χ2v) is 8.40. The van der Waals surface area contributed by atoms with Crippen LogP contribution in [0.3, 0.4) is 0 Å². The lowest BCUT2D eigenvalue weighted by Gasteiger charge is -2.26. The highest BCUT2D eigenvalue weighted by atomic mass is 79.9. The summed E-state index contributed by atoms with van der Waals surface area (Å²) in [7, 11) is 1.00. The van der Waals surface area contributed by atoms with Gasteiger partial charge in [0.2, 0.25) is 0 Å². The Balaban J connectivity index is 2.52. The Bertz CT molecular complexity index is 903. The summed E-state index contributed by atoms with van der Waals surface area (Å²) in [6.07, 6.45) is -4.72. The van der Waals surface area contributed by atoms with Crippen molar-refractivity contribution < 1.29 is 27.5 Å². The molecule has 0 saturated carbocycles. The average Bonchev–Trinajstić information content (AvgIpc) is 2.64. The molecular formula is C21H21BrF3NO3. The third kappa shape index (κ3) is 5.59. The molecule has 0 saturated heterocycles. The second kappa shape index (κ2) is 8.57. The van der Waals surface area contributed by atoms with Crippen LogP contribution in [0.1, 0.15) is 37.5 Å². The number of benzene rings is 2. The van der Waals surface area contributed by atoms with Crippen LogP contribution in [0.15, 0.2) is 46.9 Å². The minimum absolute atomic E-state index is 0.102. The molecule has 1 amide bonds. The molecule has 0 aromatic heterocycles. The molecule has 0 N–H and O–H groups in total. The van der Waals surface area contributed by atoms with Crippen molar-refractivity contribution in [1.82, 2.24) is 0 Å². The number of amides is 1. The molecule has 0 aliphatic heterocycles. The van der Waals surface area contributed by atoms with Gasteiger partial charge in [0.1, 0.15) is 0 Å². The van der Waals surface area contributed by atoms with Gasteiger partial charge in [-0.25, -0.2) is 4.79 Å². The number of esters is 1. The summed E-state index contributed by atoms with van der Waals surface area (Å²) in [4.78, 5) is 25.2. The van der Waals surface area contributed by atoms with Crippen LogP contribution in [0.25, 0.3) is 0 Å². The van der Waals surface area contributed by atoms with Crippen molar-refractivity contribution in [3.05, 3.63) is 63.6 Å². The number of carbonyl (C=O) groups is 2. The van der Waals surface area contributed by atoms with Gasteiger partial charge >= 0.3 is 18.1 Å². The second-order valence-electron chi connectivity index (χ2n) is 7.49. The molecule has 4 nitrogen and oxygen atoms in total. The minimum atomic E-state index is -4.72. The number of ether oxygens (including phenoxy) is 1. The summed E-state index contributed by atoms with van der Waals surface area (Å²) < 4.78 is 45.4. The lowest BCUT2D eigenvalue weighted by molar-refractivity contribution is -0.151. The van der Waals surface area contributed by atoms with Crippen molar-refractivity contribution >= 4 is 33.5 Å². The molecule has 2 aromatic rings. The van der Waals surface area contributed by atoms with E-state index in [1.807, 2.05) is 32.9 Å². The molecule has 2 aromatic carbocycles. The summed E-state index contributed by atoms with van der Waals surface area (Å²) in [6.45, 7) is 5.88. The Kier molecular flexibility index (Phi) is 6.78. The van der Waals surface area contributed by atoms with Crippen LogP contribution < -0.4 is 4.90 Å². The first-order valence-electron chi connectivity index (χ1n) is 8.70. The predicted molar refractivity (Wildman–Crippen MR) is 107 cm³/mol. The molecule has 0 aliphatic rings. The fourth-order valence-corrected chi connectivity index (χ4v) is 3.09. The standard InChI is InChI=1S/C21H21BrF3NO3/c1-20(2,3)14-7-5-13(6-8-14)12-26(18(27)19(28)29-4)17-10-9-15(22)11-16(17)21(23,24)25/h5-11H,12H2,1-4H3. The average molecular weight is 472 g/mol. The molecule has 29 heavy (non-hydrogen) atoms. The molecule has 0 aliphatic carbocycles. The predicted octanol–water partition coefficient (Wildman–Crippen LogP) is 5.47. The van der Waals surface area contributed by atoms with E-state index in [0.717, 1.165) is 29.7 Å². The SMILES string of the molecule is COC(=O)C(=O)N(Cc1ccc(C(C)(C)C)cc1)c1ccc(Br)cc1C(F)(F)F. The molecule has 2 rings (SSSR count). The van der Waals surface area contributed by atoms with Crippen molar-refractivity contribution in [2.45, 2.75) is 38.9 Å². The van der Waals surface area contributed by atoms with Crippen LogP contribution in [0, 0.1) is 0 Å². The summed E-state index contributed by atoms with van der Waals surface area (Å²) >= 11 is 3.02. The number of anilines is 1. The maximum absolute atomic E-state index is 13.6.